The van der Waals surface area contributed by atoms with Crippen LogP contribution in [0.15, 0.2) is 65.6 Å². The normalized spacial score (nSPS) is 11.1. The van der Waals surface area contributed by atoms with Crippen LogP contribution in [0, 0.1) is 13.8 Å². The highest BCUT2D eigenvalue weighted by Gasteiger charge is 2.28. The van der Waals surface area contributed by atoms with Crippen molar-refractivity contribution < 1.29 is 22.7 Å². The van der Waals surface area contributed by atoms with Gasteiger partial charge in [-0.25, -0.2) is 13.2 Å². The molecule has 10 heteroatoms. The fourth-order valence-electron chi connectivity index (χ4n) is 3.19. The van der Waals surface area contributed by atoms with Crippen LogP contribution in [0.4, 0.5) is 11.4 Å². The second kappa shape index (κ2) is 11.1. The van der Waals surface area contributed by atoms with Gasteiger partial charge in [0.1, 0.15) is 6.54 Å². The van der Waals surface area contributed by atoms with Crippen molar-refractivity contribution in [2.45, 2.75) is 25.7 Å². The first-order valence-corrected chi connectivity index (χ1v) is 12.8. The van der Waals surface area contributed by atoms with Crippen molar-refractivity contribution in [2.75, 3.05) is 22.8 Å². The molecule has 3 rings (SSSR count). The molecule has 0 aromatic heterocycles. The number of carbonyl (C=O) groups is 2. The van der Waals surface area contributed by atoms with Gasteiger partial charge in [-0.15, -0.1) is 0 Å². The van der Waals surface area contributed by atoms with Gasteiger partial charge in [0.2, 0.25) is 5.91 Å². The van der Waals surface area contributed by atoms with Crippen LogP contribution in [0.2, 0.25) is 10.0 Å². The van der Waals surface area contributed by atoms with Gasteiger partial charge >= 0.3 is 5.97 Å². The number of ether oxygens (including phenoxy) is 1. The summed E-state index contributed by atoms with van der Waals surface area (Å²) in [6, 6.07) is 15.4. The standard InChI is InChI=1S/C25H24Cl2N2O5S/c1-4-34-25(31)21-13-18(8-12-22(21)26)28-24(30)15-29(19-9-7-17(3)23(27)14-19)35(32,33)20-10-5-16(2)6-11-20/h5-14H,4,15H2,1-3H3,(H,28,30). The van der Waals surface area contributed by atoms with E-state index < -0.39 is 28.4 Å². The van der Waals surface area contributed by atoms with Crippen LogP contribution in [0.5, 0.6) is 0 Å². The number of halogens is 2. The Morgan fingerprint density at radius 3 is 2.26 bits per heavy atom. The van der Waals surface area contributed by atoms with Gasteiger partial charge in [0, 0.05) is 10.7 Å². The first-order valence-electron chi connectivity index (χ1n) is 10.6. The Kier molecular flexibility index (Phi) is 8.43. The number of benzene rings is 3. The first-order chi connectivity index (χ1) is 16.5. The molecule has 1 N–H and O–H groups in total. The Bertz CT molecular complexity index is 1360. The lowest BCUT2D eigenvalue weighted by Gasteiger charge is -2.24. The van der Waals surface area contributed by atoms with Gasteiger partial charge in [0.25, 0.3) is 10.0 Å². The van der Waals surface area contributed by atoms with Gasteiger partial charge < -0.3 is 10.1 Å². The molecule has 0 atom stereocenters. The lowest BCUT2D eigenvalue weighted by molar-refractivity contribution is -0.114. The number of carbonyl (C=O) groups excluding carboxylic acids is 2. The van der Waals surface area contributed by atoms with Crippen molar-refractivity contribution in [2.24, 2.45) is 0 Å². The molecule has 0 bridgehead atoms. The summed E-state index contributed by atoms with van der Waals surface area (Å²) in [6.07, 6.45) is 0. The molecule has 184 valence electrons. The Balaban J connectivity index is 1.94. The van der Waals surface area contributed by atoms with E-state index in [0.717, 1.165) is 15.4 Å². The van der Waals surface area contributed by atoms with Crippen LogP contribution in [0.1, 0.15) is 28.4 Å². The maximum Gasteiger partial charge on any atom is 0.339 e. The van der Waals surface area contributed by atoms with E-state index >= 15 is 0 Å². The minimum atomic E-state index is -4.10. The summed E-state index contributed by atoms with van der Waals surface area (Å²) in [7, 11) is -4.10. The van der Waals surface area contributed by atoms with Crippen molar-refractivity contribution in [1.29, 1.82) is 0 Å². The third-order valence-electron chi connectivity index (χ3n) is 5.09. The van der Waals surface area contributed by atoms with Crippen LogP contribution in [-0.4, -0.2) is 33.4 Å². The Labute approximate surface area is 214 Å². The Morgan fingerprint density at radius 2 is 1.63 bits per heavy atom. The van der Waals surface area contributed by atoms with Crippen LogP contribution in [-0.2, 0) is 19.6 Å². The van der Waals surface area contributed by atoms with Gasteiger partial charge in [-0.3, -0.25) is 9.10 Å². The van der Waals surface area contributed by atoms with E-state index in [9.17, 15) is 18.0 Å². The first kappa shape index (κ1) is 26.5. The SMILES string of the molecule is CCOC(=O)c1cc(NC(=O)CN(c2ccc(C)c(Cl)c2)S(=O)(=O)c2ccc(C)cc2)ccc1Cl. The lowest BCUT2D eigenvalue weighted by Crippen LogP contribution is -2.38. The Hall–Kier alpha value is -3.07. The highest BCUT2D eigenvalue weighted by Crippen LogP contribution is 2.28. The monoisotopic (exact) mass is 534 g/mol. The van der Waals surface area contributed by atoms with Crippen molar-refractivity contribution in [3.05, 3.63) is 87.4 Å². The molecule has 0 aliphatic rings. The van der Waals surface area contributed by atoms with Gasteiger partial charge in [-0.2, -0.15) is 0 Å². The second-order valence-electron chi connectivity index (χ2n) is 7.72. The number of esters is 1. The van der Waals surface area contributed by atoms with Crippen LogP contribution < -0.4 is 9.62 Å². The van der Waals surface area contributed by atoms with Crippen LogP contribution in [0.3, 0.4) is 0 Å². The highest BCUT2D eigenvalue weighted by molar-refractivity contribution is 7.92. The van der Waals surface area contributed by atoms with E-state index in [-0.39, 0.29) is 33.5 Å². The molecule has 0 heterocycles. The Morgan fingerprint density at radius 1 is 0.943 bits per heavy atom. The average molecular weight is 535 g/mol. The molecule has 0 unspecified atom stereocenters. The van der Waals surface area contributed by atoms with Gasteiger partial charge in [0.15, 0.2) is 0 Å². The summed E-state index contributed by atoms with van der Waals surface area (Å²) in [5.41, 5.74) is 2.24. The fourth-order valence-corrected chi connectivity index (χ4v) is 4.97. The van der Waals surface area contributed by atoms with Crippen LogP contribution in [0.25, 0.3) is 0 Å². The number of amides is 1. The maximum absolute atomic E-state index is 13.5. The van der Waals surface area contributed by atoms with E-state index in [0.29, 0.717) is 5.02 Å². The fraction of sp³-hybridized carbons (Fsp3) is 0.200. The number of rotatable bonds is 8. The molecular formula is C25H24Cl2N2O5S. The minimum absolute atomic E-state index is 0.0312. The molecule has 0 saturated heterocycles. The van der Waals surface area contributed by atoms with Gasteiger partial charge in [-0.05, 0) is 68.8 Å². The van der Waals surface area contributed by atoms with E-state index in [4.69, 9.17) is 27.9 Å². The van der Waals surface area contributed by atoms with Crippen molar-refractivity contribution in [3.8, 4) is 0 Å². The van der Waals surface area contributed by atoms with Crippen molar-refractivity contribution >= 4 is 56.5 Å². The number of sulfonamides is 1. The summed E-state index contributed by atoms with van der Waals surface area (Å²) in [4.78, 5) is 25.1. The zero-order chi connectivity index (χ0) is 25.8. The molecule has 0 radical (unpaired) electrons. The molecule has 3 aromatic rings. The minimum Gasteiger partial charge on any atom is -0.462 e. The number of anilines is 2. The van der Waals surface area contributed by atoms with E-state index in [1.165, 1.54) is 36.4 Å². The molecule has 1 amide bonds. The summed E-state index contributed by atoms with van der Waals surface area (Å²) in [6.45, 7) is 4.93. The maximum atomic E-state index is 13.5. The topological polar surface area (TPSA) is 92.8 Å². The molecule has 0 fully saturated rings. The quantitative estimate of drug-likeness (QED) is 0.378. The lowest BCUT2D eigenvalue weighted by atomic mass is 10.2. The third-order valence-corrected chi connectivity index (χ3v) is 7.61. The summed E-state index contributed by atoms with van der Waals surface area (Å²) in [5, 5.41) is 3.15. The van der Waals surface area contributed by atoms with Crippen molar-refractivity contribution in [1.82, 2.24) is 0 Å². The smallest absolute Gasteiger partial charge is 0.339 e. The largest absolute Gasteiger partial charge is 0.462 e. The molecule has 35 heavy (non-hydrogen) atoms. The third kappa shape index (κ3) is 6.33. The number of nitrogens with zero attached hydrogens (tertiary/aromatic N) is 1. The zero-order valence-corrected chi connectivity index (χ0v) is 21.7. The predicted molar refractivity (Wildman–Crippen MR) is 138 cm³/mol. The molecule has 7 nitrogen and oxygen atoms in total. The number of hydrogen-bond acceptors (Lipinski definition) is 5. The molecular weight excluding hydrogens is 511 g/mol. The molecule has 0 saturated carbocycles. The van der Waals surface area contributed by atoms with Gasteiger partial charge in [0.05, 0.1) is 27.8 Å². The van der Waals surface area contributed by atoms with Crippen LogP contribution >= 0.6 is 23.2 Å². The van der Waals surface area contributed by atoms with E-state index in [1.54, 1.807) is 38.1 Å². The molecule has 0 aliphatic carbocycles. The summed E-state index contributed by atoms with van der Waals surface area (Å²) >= 11 is 12.3. The number of hydrogen-bond donors (Lipinski definition) is 1. The van der Waals surface area contributed by atoms with Gasteiger partial charge in [-0.1, -0.05) is 47.0 Å². The summed E-state index contributed by atoms with van der Waals surface area (Å²) in [5.74, 6) is -1.26. The molecule has 0 aliphatic heterocycles. The second-order valence-corrected chi connectivity index (χ2v) is 10.4. The number of nitrogens with one attached hydrogen (secondary N) is 1. The average Bonchev–Trinajstić information content (AvgIpc) is 2.81. The number of aryl methyl sites for hydroxylation is 2. The molecule has 3 aromatic carbocycles. The van der Waals surface area contributed by atoms with Crippen molar-refractivity contribution in [3.63, 3.8) is 0 Å². The predicted octanol–water partition coefficient (Wildman–Crippen LogP) is 5.62. The highest BCUT2D eigenvalue weighted by atomic mass is 35.5. The molecule has 0 spiro atoms. The zero-order valence-electron chi connectivity index (χ0n) is 19.3. The summed E-state index contributed by atoms with van der Waals surface area (Å²) < 4.78 is 33.0. The van der Waals surface area contributed by atoms with E-state index in [1.807, 2.05) is 6.92 Å². The van der Waals surface area contributed by atoms with E-state index in [2.05, 4.69) is 5.32 Å².